The van der Waals surface area contributed by atoms with E-state index in [0.29, 0.717) is 11.5 Å². The Morgan fingerprint density at radius 1 is 1.08 bits per heavy atom. The molecule has 2 aromatic carbocycles. The average molecular weight is 332 g/mol. The molecule has 0 saturated carbocycles. The molecule has 0 unspecified atom stereocenters. The van der Waals surface area contributed by atoms with E-state index in [2.05, 4.69) is 20.5 Å². The highest BCUT2D eigenvalue weighted by Gasteiger charge is 2.16. The first-order chi connectivity index (χ1) is 12.1. The molecule has 2 heterocycles. The van der Waals surface area contributed by atoms with Crippen molar-refractivity contribution in [3.05, 3.63) is 65.4 Å². The van der Waals surface area contributed by atoms with Gasteiger partial charge in [-0.1, -0.05) is 29.4 Å². The van der Waals surface area contributed by atoms with Crippen LogP contribution in [0.25, 0.3) is 22.4 Å². The number of aryl methyl sites for hydroxylation is 2. The lowest BCUT2D eigenvalue weighted by Crippen LogP contribution is -2.11. The molecule has 0 aliphatic rings. The van der Waals surface area contributed by atoms with Crippen LogP contribution in [0.2, 0.25) is 0 Å². The van der Waals surface area contributed by atoms with Gasteiger partial charge in [0.05, 0.1) is 5.56 Å². The van der Waals surface area contributed by atoms with Gasteiger partial charge in [0, 0.05) is 22.7 Å². The largest absolute Gasteiger partial charge is 0.403 e. The number of aromatic nitrogens is 3. The number of fused-ring (bicyclic) bond motifs is 1. The van der Waals surface area contributed by atoms with Crippen molar-refractivity contribution in [2.45, 2.75) is 13.8 Å². The minimum absolute atomic E-state index is 0.0727. The SMILES string of the molecule is Cc1ccc(-c2nnc(NC(=O)c3c[nH]c4ccccc34)o2)cc1C. The summed E-state index contributed by atoms with van der Waals surface area (Å²) < 4.78 is 5.58. The number of para-hydroxylation sites is 1. The summed E-state index contributed by atoms with van der Waals surface area (Å²) in [4.78, 5) is 15.5. The predicted octanol–water partition coefficient (Wildman–Crippen LogP) is 4.09. The maximum absolute atomic E-state index is 12.5. The fourth-order valence-electron chi connectivity index (χ4n) is 2.69. The van der Waals surface area contributed by atoms with Crippen LogP contribution in [0.1, 0.15) is 21.5 Å². The Morgan fingerprint density at radius 3 is 2.76 bits per heavy atom. The molecule has 0 saturated heterocycles. The third-order valence-electron chi connectivity index (χ3n) is 4.23. The second-order valence-electron chi connectivity index (χ2n) is 5.91. The van der Waals surface area contributed by atoms with Gasteiger partial charge >= 0.3 is 6.01 Å². The molecule has 4 rings (SSSR count). The molecule has 0 spiro atoms. The summed E-state index contributed by atoms with van der Waals surface area (Å²) in [6, 6.07) is 13.6. The molecule has 0 radical (unpaired) electrons. The number of rotatable bonds is 3. The molecule has 0 aliphatic carbocycles. The molecule has 4 aromatic rings. The van der Waals surface area contributed by atoms with Gasteiger partial charge in [0.25, 0.3) is 5.91 Å². The molecule has 6 nitrogen and oxygen atoms in total. The Morgan fingerprint density at radius 2 is 1.92 bits per heavy atom. The summed E-state index contributed by atoms with van der Waals surface area (Å²) in [5, 5.41) is 11.4. The third kappa shape index (κ3) is 2.78. The summed E-state index contributed by atoms with van der Waals surface area (Å²) in [6.07, 6.45) is 1.67. The number of carbonyl (C=O) groups excluding carboxylic acids is 1. The molecule has 0 bridgehead atoms. The van der Waals surface area contributed by atoms with E-state index in [9.17, 15) is 4.79 Å². The van der Waals surface area contributed by atoms with E-state index in [0.717, 1.165) is 22.0 Å². The maximum atomic E-state index is 12.5. The molecule has 0 fully saturated rings. The number of H-pyrrole nitrogens is 1. The Hall–Kier alpha value is -3.41. The average Bonchev–Trinajstić information content (AvgIpc) is 3.24. The molecule has 1 amide bonds. The van der Waals surface area contributed by atoms with Gasteiger partial charge < -0.3 is 9.40 Å². The van der Waals surface area contributed by atoms with Crippen LogP contribution < -0.4 is 5.32 Å². The summed E-state index contributed by atoms with van der Waals surface area (Å²) in [6.45, 7) is 4.06. The van der Waals surface area contributed by atoms with Crippen LogP contribution >= 0.6 is 0 Å². The standard InChI is InChI=1S/C19H16N4O2/c1-11-7-8-13(9-12(11)2)18-22-23-19(25-18)21-17(24)15-10-20-16-6-4-3-5-14(15)16/h3-10,20H,1-2H3,(H,21,23,24). The van der Waals surface area contributed by atoms with E-state index in [1.807, 2.05) is 56.3 Å². The summed E-state index contributed by atoms with van der Waals surface area (Å²) in [5.41, 5.74) is 4.58. The second kappa shape index (κ2) is 5.90. The van der Waals surface area contributed by atoms with Crippen LogP contribution in [0.4, 0.5) is 6.01 Å². The zero-order valence-electron chi connectivity index (χ0n) is 13.8. The van der Waals surface area contributed by atoms with Crippen LogP contribution in [0.5, 0.6) is 0 Å². The van der Waals surface area contributed by atoms with Gasteiger partial charge in [0.1, 0.15) is 0 Å². The first-order valence-corrected chi connectivity index (χ1v) is 7.90. The van der Waals surface area contributed by atoms with Gasteiger partial charge in [0.2, 0.25) is 5.89 Å². The minimum atomic E-state index is -0.298. The van der Waals surface area contributed by atoms with E-state index in [1.165, 1.54) is 5.56 Å². The molecule has 2 aromatic heterocycles. The van der Waals surface area contributed by atoms with Gasteiger partial charge in [-0.05, 0) is 43.2 Å². The minimum Gasteiger partial charge on any atom is -0.403 e. The Balaban J connectivity index is 1.58. The fourth-order valence-corrected chi connectivity index (χ4v) is 2.69. The molecular formula is C19H16N4O2. The zero-order valence-corrected chi connectivity index (χ0v) is 13.8. The number of aromatic amines is 1. The van der Waals surface area contributed by atoms with Crippen LogP contribution in [0.15, 0.2) is 53.1 Å². The monoisotopic (exact) mass is 332 g/mol. The van der Waals surface area contributed by atoms with E-state index in [-0.39, 0.29) is 11.9 Å². The Labute approximate surface area is 143 Å². The van der Waals surface area contributed by atoms with Crippen molar-refractivity contribution in [3.63, 3.8) is 0 Å². The van der Waals surface area contributed by atoms with Gasteiger partial charge in [-0.3, -0.25) is 10.1 Å². The van der Waals surface area contributed by atoms with Crippen molar-refractivity contribution in [3.8, 4) is 11.5 Å². The predicted molar refractivity (Wildman–Crippen MR) is 95.5 cm³/mol. The molecule has 0 aliphatic heterocycles. The normalized spacial score (nSPS) is 11.0. The number of anilines is 1. The summed E-state index contributed by atoms with van der Waals surface area (Å²) in [7, 11) is 0. The topological polar surface area (TPSA) is 83.8 Å². The quantitative estimate of drug-likeness (QED) is 0.592. The van der Waals surface area contributed by atoms with Gasteiger partial charge in [-0.2, -0.15) is 0 Å². The van der Waals surface area contributed by atoms with Crippen LogP contribution in [-0.4, -0.2) is 21.1 Å². The van der Waals surface area contributed by atoms with Crippen molar-refractivity contribution >= 4 is 22.8 Å². The van der Waals surface area contributed by atoms with E-state index >= 15 is 0 Å². The highest BCUT2D eigenvalue weighted by atomic mass is 16.4. The second-order valence-corrected chi connectivity index (χ2v) is 5.91. The number of carbonyl (C=O) groups is 1. The zero-order chi connectivity index (χ0) is 17.4. The third-order valence-corrected chi connectivity index (χ3v) is 4.23. The number of nitrogens with zero attached hydrogens (tertiary/aromatic N) is 2. The molecule has 25 heavy (non-hydrogen) atoms. The number of benzene rings is 2. The van der Waals surface area contributed by atoms with Crippen molar-refractivity contribution < 1.29 is 9.21 Å². The smallest absolute Gasteiger partial charge is 0.322 e. The number of hydrogen-bond donors (Lipinski definition) is 2. The highest BCUT2D eigenvalue weighted by Crippen LogP contribution is 2.23. The Kier molecular flexibility index (Phi) is 3.57. The summed E-state index contributed by atoms with van der Waals surface area (Å²) in [5.74, 6) is 0.0741. The van der Waals surface area contributed by atoms with Crippen LogP contribution in [0.3, 0.4) is 0 Å². The number of amides is 1. The van der Waals surface area contributed by atoms with Gasteiger partial charge in [-0.15, -0.1) is 5.10 Å². The molecule has 124 valence electrons. The first kappa shape index (κ1) is 15.1. The fraction of sp³-hybridized carbons (Fsp3) is 0.105. The van der Waals surface area contributed by atoms with E-state index < -0.39 is 0 Å². The van der Waals surface area contributed by atoms with Crippen molar-refractivity contribution in [2.75, 3.05) is 5.32 Å². The number of nitrogens with one attached hydrogen (secondary N) is 2. The van der Waals surface area contributed by atoms with Crippen molar-refractivity contribution in [1.82, 2.24) is 15.2 Å². The summed E-state index contributed by atoms with van der Waals surface area (Å²) >= 11 is 0. The lowest BCUT2D eigenvalue weighted by atomic mass is 10.1. The highest BCUT2D eigenvalue weighted by molar-refractivity contribution is 6.12. The van der Waals surface area contributed by atoms with Crippen LogP contribution in [-0.2, 0) is 0 Å². The van der Waals surface area contributed by atoms with Crippen molar-refractivity contribution in [2.24, 2.45) is 0 Å². The van der Waals surface area contributed by atoms with Gasteiger partial charge in [0.15, 0.2) is 0 Å². The molecular weight excluding hydrogens is 316 g/mol. The Bertz CT molecular complexity index is 1080. The lowest BCUT2D eigenvalue weighted by Gasteiger charge is -2.01. The molecule has 2 N–H and O–H groups in total. The lowest BCUT2D eigenvalue weighted by molar-refractivity contribution is 0.102. The van der Waals surface area contributed by atoms with E-state index in [4.69, 9.17) is 4.42 Å². The van der Waals surface area contributed by atoms with Crippen molar-refractivity contribution in [1.29, 1.82) is 0 Å². The van der Waals surface area contributed by atoms with E-state index in [1.54, 1.807) is 6.20 Å². The first-order valence-electron chi connectivity index (χ1n) is 7.90. The molecule has 6 heteroatoms. The van der Waals surface area contributed by atoms with Crippen LogP contribution in [0, 0.1) is 13.8 Å². The molecule has 0 atom stereocenters. The maximum Gasteiger partial charge on any atom is 0.322 e. The number of hydrogen-bond acceptors (Lipinski definition) is 4. The van der Waals surface area contributed by atoms with Gasteiger partial charge in [-0.25, -0.2) is 0 Å².